The third kappa shape index (κ3) is 5.20. The second kappa shape index (κ2) is 6.42. The van der Waals surface area contributed by atoms with Crippen molar-refractivity contribution in [2.45, 2.75) is 13.3 Å². The van der Waals surface area contributed by atoms with Crippen molar-refractivity contribution in [3.05, 3.63) is 40.8 Å². The highest BCUT2D eigenvalue weighted by Crippen LogP contribution is 2.13. The number of urea groups is 1. The quantitative estimate of drug-likeness (QED) is 0.894. The summed E-state index contributed by atoms with van der Waals surface area (Å²) < 4.78 is 24.6. The molecule has 0 aliphatic heterocycles. The number of halogens is 1. The number of anilines is 1. The number of hydrogen-bond acceptors (Lipinski definition) is 3. The Kier molecular flexibility index (Phi) is 5.18. The molecule has 1 aromatic rings. The molecule has 0 spiro atoms. The Morgan fingerprint density at radius 1 is 1.33 bits per heavy atom. The first-order valence-corrected chi connectivity index (χ1v) is 7.11. The molecule has 5 nitrogen and oxygen atoms in total. The number of carbonyl (C=O) groups is 1. The molecule has 0 saturated carbocycles. The number of benzene rings is 1. The molecular weight excluding hydrogens is 276 g/mol. The minimum atomic E-state index is -3.74. The summed E-state index contributed by atoms with van der Waals surface area (Å²) in [5, 5.41) is 3.86. The summed E-state index contributed by atoms with van der Waals surface area (Å²) in [5.74, 6) is 0. The van der Waals surface area contributed by atoms with Gasteiger partial charge in [-0.1, -0.05) is 24.6 Å². The molecule has 0 aromatic heterocycles. The van der Waals surface area contributed by atoms with Crippen LogP contribution in [0.1, 0.15) is 13.3 Å². The fourth-order valence-electron chi connectivity index (χ4n) is 1.08. The Balaban J connectivity index is 2.62. The molecule has 0 heterocycles. The smallest absolute Gasteiger partial charge is 0.307 e. The van der Waals surface area contributed by atoms with E-state index in [4.69, 9.17) is 11.6 Å². The molecule has 0 atom stereocenters. The van der Waals surface area contributed by atoms with Gasteiger partial charge in [0.15, 0.2) is 0 Å². The lowest BCUT2D eigenvalue weighted by molar-refractivity contribution is 0.256. The van der Waals surface area contributed by atoms with Crippen molar-refractivity contribution >= 4 is 33.3 Å². The number of amides is 2. The maximum atomic E-state index is 11.4. The van der Waals surface area contributed by atoms with Crippen molar-refractivity contribution in [2.24, 2.45) is 0 Å². The zero-order valence-corrected chi connectivity index (χ0v) is 11.3. The van der Waals surface area contributed by atoms with E-state index < -0.39 is 16.1 Å². The maximum Gasteiger partial charge on any atom is 0.333 e. The molecule has 0 fully saturated rings. The van der Waals surface area contributed by atoms with Crippen LogP contribution in [0.4, 0.5) is 10.5 Å². The lowest BCUT2D eigenvalue weighted by Crippen LogP contribution is -2.32. The second-order valence-corrected chi connectivity index (χ2v) is 5.39. The monoisotopic (exact) mass is 288 g/mol. The topological polar surface area (TPSA) is 75.3 Å². The minimum absolute atomic E-state index is 0.451. The van der Waals surface area contributed by atoms with Crippen molar-refractivity contribution in [1.82, 2.24) is 4.72 Å². The molecule has 18 heavy (non-hydrogen) atoms. The highest BCUT2D eigenvalue weighted by molar-refractivity contribution is 7.92. The Labute approximate surface area is 111 Å². The molecule has 0 radical (unpaired) electrons. The van der Waals surface area contributed by atoms with Crippen LogP contribution in [0.25, 0.3) is 0 Å². The lowest BCUT2D eigenvalue weighted by Gasteiger charge is -2.06. The van der Waals surface area contributed by atoms with Gasteiger partial charge >= 0.3 is 6.03 Å². The SMILES string of the molecule is CCC=CS(=O)(=O)NC(=O)Nc1ccc(Cl)cc1. The van der Waals surface area contributed by atoms with Crippen molar-refractivity contribution in [2.75, 3.05) is 5.32 Å². The number of carbonyl (C=O) groups excluding carboxylic acids is 1. The van der Waals surface area contributed by atoms with Crippen molar-refractivity contribution in [3.8, 4) is 0 Å². The third-order valence-electron chi connectivity index (χ3n) is 1.85. The van der Waals surface area contributed by atoms with Crippen molar-refractivity contribution in [3.63, 3.8) is 0 Å². The van der Waals surface area contributed by atoms with Crippen LogP contribution in [0, 0.1) is 0 Å². The molecule has 7 heteroatoms. The van der Waals surface area contributed by atoms with Gasteiger partial charge in [-0.15, -0.1) is 0 Å². The van der Waals surface area contributed by atoms with Crippen molar-refractivity contribution in [1.29, 1.82) is 0 Å². The fourth-order valence-corrected chi connectivity index (χ4v) is 2.03. The van der Waals surface area contributed by atoms with Gasteiger partial charge in [-0.05, 0) is 30.7 Å². The summed E-state index contributed by atoms with van der Waals surface area (Å²) in [7, 11) is -3.74. The van der Waals surface area contributed by atoms with Gasteiger partial charge in [-0.3, -0.25) is 0 Å². The van der Waals surface area contributed by atoms with Crippen LogP contribution >= 0.6 is 11.6 Å². The minimum Gasteiger partial charge on any atom is -0.307 e. The van der Waals surface area contributed by atoms with E-state index in [0.717, 1.165) is 5.41 Å². The van der Waals surface area contributed by atoms with Gasteiger partial charge in [0.25, 0.3) is 10.0 Å². The van der Waals surface area contributed by atoms with Gasteiger partial charge in [0.2, 0.25) is 0 Å². The zero-order valence-electron chi connectivity index (χ0n) is 9.68. The molecule has 98 valence electrons. The fraction of sp³-hybridized carbons (Fsp3) is 0.182. The van der Waals surface area contributed by atoms with E-state index in [1.807, 2.05) is 4.72 Å². The van der Waals surface area contributed by atoms with Crippen LogP contribution in [0.15, 0.2) is 35.7 Å². The molecular formula is C11H13ClN2O3S. The third-order valence-corrected chi connectivity index (χ3v) is 3.12. The number of allylic oxidation sites excluding steroid dienone is 1. The predicted octanol–water partition coefficient (Wildman–Crippen LogP) is 2.72. The molecule has 0 bridgehead atoms. The summed E-state index contributed by atoms with van der Waals surface area (Å²) in [4.78, 5) is 11.4. The van der Waals surface area contributed by atoms with E-state index in [-0.39, 0.29) is 0 Å². The van der Waals surface area contributed by atoms with Crippen LogP contribution in [0.5, 0.6) is 0 Å². The molecule has 0 unspecified atom stereocenters. The number of nitrogens with one attached hydrogen (secondary N) is 2. The van der Waals surface area contributed by atoms with Crippen LogP contribution in [-0.2, 0) is 10.0 Å². The average Bonchev–Trinajstić information content (AvgIpc) is 2.29. The zero-order chi connectivity index (χ0) is 13.6. The molecule has 1 rings (SSSR count). The summed E-state index contributed by atoms with van der Waals surface area (Å²) in [5.41, 5.74) is 0.451. The Morgan fingerprint density at radius 3 is 2.50 bits per heavy atom. The van der Waals surface area contributed by atoms with E-state index in [0.29, 0.717) is 17.1 Å². The first kappa shape index (κ1) is 14.5. The predicted molar refractivity (Wildman–Crippen MR) is 72.0 cm³/mol. The van der Waals surface area contributed by atoms with Crippen LogP contribution in [0.2, 0.25) is 5.02 Å². The molecule has 2 N–H and O–H groups in total. The molecule has 2 amide bonds. The van der Waals surface area contributed by atoms with Crippen LogP contribution in [0.3, 0.4) is 0 Å². The van der Waals surface area contributed by atoms with Gasteiger partial charge in [0, 0.05) is 16.1 Å². The highest BCUT2D eigenvalue weighted by atomic mass is 35.5. The molecule has 0 saturated heterocycles. The van der Waals surface area contributed by atoms with Crippen LogP contribution < -0.4 is 10.0 Å². The maximum absolute atomic E-state index is 11.4. The number of rotatable bonds is 4. The van der Waals surface area contributed by atoms with Gasteiger partial charge in [-0.2, -0.15) is 0 Å². The molecule has 1 aromatic carbocycles. The van der Waals surface area contributed by atoms with Gasteiger partial charge in [-0.25, -0.2) is 17.9 Å². The summed E-state index contributed by atoms with van der Waals surface area (Å²) in [6.07, 6.45) is 2.01. The van der Waals surface area contributed by atoms with E-state index in [1.54, 1.807) is 31.2 Å². The number of hydrogen-bond donors (Lipinski definition) is 2. The van der Waals surface area contributed by atoms with E-state index >= 15 is 0 Å². The largest absolute Gasteiger partial charge is 0.333 e. The standard InChI is InChI=1S/C11H13ClN2O3S/c1-2-3-8-18(16,17)14-11(15)13-10-6-4-9(12)5-7-10/h3-8H,2H2,1H3,(H2,13,14,15). The van der Waals surface area contributed by atoms with Gasteiger partial charge in [0.1, 0.15) is 0 Å². The Hall–Kier alpha value is -1.53. The highest BCUT2D eigenvalue weighted by Gasteiger charge is 2.10. The number of sulfonamides is 1. The van der Waals surface area contributed by atoms with Crippen LogP contribution in [-0.4, -0.2) is 14.4 Å². The lowest BCUT2D eigenvalue weighted by atomic mass is 10.3. The molecule has 0 aliphatic carbocycles. The Morgan fingerprint density at radius 2 is 1.94 bits per heavy atom. The first-order chi connectivity index (χ1) is 8.43. The van der Waals surface area contributed by atoms with Gasteiger partial charge in [0.05, 0.1) is 0 Å². The summed E-state index contributed by atoms with van der Waals surface area (Å²) >= 11 is 5.68. The second-order valence-electron chi connectivity index (χ2n) is 3.39. The summed E-state index contributed by atoms with van der Waals surface area (Å²) in [6.45, 7) is 1.79. The van der Waals surface area contributed by atoms with Gasteiger partial charge < -0.3 is 5.32 Å². The Bertz CT molecular complexity index is 538. The normalized spacial score (nSPS) is 11.4. The van der Waals surface area contributed by atoms with Crippen molar-refractivity contribution < 1.29 is 13.2 Å². The van der Waals surface area contributed by atoms with E-state index in [2.05, 4.69) is 5.32 Å². The van der Waals surface area contributed by atoms with E-state index in [1.165, 1.54) is 6.08 Å². The molecule has 0 aliphatic rings. The average molecular weight is 289 g/mol. The summed E-state index contributed by atoms with van der Waals surface area (Å²) in [6, 6.07) is 5.48. The first-order valence-electron chi connectivity index (χ1n) is 5.19. The van der Waals surface area contributed by atoms with E-state index in [9.17, 15) is 13.2 Å².